The monoisotopic (exact) mass is 253 g/mol. The van der Waals surface area contributed by atoms with Crippen molar-refractivity contribution < 1.29 is 13.9 Å². The van der Waals surface area contributed by atoms with Crippen LogP contribution < -0.4 is 0 Å². The van der Waals surface area contributed by atoms with Crippen LogP contribution in [0, 0.1) is 5.82 Å². The summed E-state index contributed by atoms with van der Waals surface area (Å²) >= 11 is 5.78. The summed E-state index contributed by atoms with van der Waals surface area (Å²) in [7, 11) is 1.29. The highest BCUT2D eigenvalue weighted by Crippen LogP contribution is 2.21. The third kappa shape index (κ3) is 2.53. The largest absolute Gasteiger partial charge is 0.469 e. The minimum atomic E-state index is -0.474. The highest BCUT2D eigenvalue weighted by atomic mass is 35.5. The Kier molecular flexibility index (Phi) is 3.24. The van der Waals surface area contributed by atoms with E-state index in [-0.39, 0.29) is 11.9 Å². The van der Waals surface area contributed by atoms with Gasteiger partial charge in [0.2, 0.25) is 0 Å². The van der Waals surface area contributed by atoms with Crippen LogP contribution in [0.25, 0.3) is 10.9 Å². The molecule has 0 radical (unpaired) electrons. The number of halogens is 2. The fraction of sp³-hybridized carbons (Fsp3) is 0.167. The maximum atomic E-state index is 13.7. The van der Waals surface area contributed by atoms with E-state index in [1.807, 2.05) is 0 Å². The van der Waals surface area contributed by atoms with Crippen LogP contribution >= 0.6 is 11.6 Å². The standard InChI is InChI=1S/C12H9ClFNO2/c1-17-11(16)4-7-2-8-5-9(13)6-15-12(8)10(14)3-7/h2-3,5-6H,4H2,1H3. The van der Waals surface area contributed by atoms with Gasteiger partial charge in [0.05, 0.1) is 18.6 Å². The maximum absolute atomic E-state index is 13.7. The molecule has 1 heterocycles. The number of methoxy groups -OCH3 is 1. The molecule has 0 aliphatic rings. The lowest BCUT2D eigenvalue weighted by molar-refractivity contribution is -0.139. The highest BCUT2D eigenvalue weighted by Gasteiger charge is 2.09. The average Bonchev–Trinajstić information content (AvgIpc) is 2.28. The van der Waals surface area contributed by atoms with Crippen molar-refractivity contribution >= 4 is 28.5 Å². The number of benzene rings is 1. The molecule has 0 atom stereocenters. The number of hydrogen-bond donors (Lipinski definition) is 0. The van der Waals surface area contributed by atoms with Gasteiger partial charge in [-0.2, -0.15) is 0 Å². The maximum Gasteiger partial charge on any atom is 0.309 e. The lowest BCUT2D eigenvalue weighted by Crippen LogP contribution is -2.04. The van der Waals surface area contributed by atoms with Gasteiger partial charge in [0.15, 0.2) is 0 Å². The number of esters is 1. The Hall–Kier alpha value is -1.68. The van der Waals surface area contributed by atoms with Crippen molar-refractivity contribution in [1.29, 1.82) is 0 Å². The van der Waals surface area contributed by atoms with Gasteiger partial charge < -0.3 is 4.74 Å². The fourth-order valence-corrected chi connectivity index (χ4v) is 1.74. The molecule has 0 saturated heterocycles. The molecule has 0 spiro atoms. The lowest BCUT2D eigenvalue weighted by atomic mass is 10.1. The molecule has 0 fully saturated rings. The molecular weight excluding hydrogens is 245 g/mol. The van der Waals surface area contributed by atoms with Crippen molar-refractivity contribution in [3.63, 3.8) is 0 Å². The van der Waals surface area contributed by atoms with E-state index in [0.29, 0.717) is 16.0 Å². The number of pyridine rings is 1. The molecule has 0 bridgehead atoms. The first kappa shape index (κ1) is 11.8. The minimum absolute atomic E-state index is 0.0237. The molecule has 2 rings (SSSR count). The quantitative estimate of drug-likeness (QED) is 0.773. The molecule has 0 aliphatic carbocycles. The van der Waals surface area contributed by atoms with Gasteiger partial charge in [0.25, 0.3) is 0 Å². The Bertz CT molecular complexity index is 586. The van der Waals surface area contributed by atoms with Crippen LogP contribution in [0.15, 0.2) is 24.4 Å². The zero-order chi connectivity index (χ0) is 12.4. The van der Waals surface area contributed by atoms with Gasteiger partial charge in [-0.3, -0.25) is 9.78 Å². The van der Waals surface area contributed by atoms with Crippen LogP contribution in [0.3, 0.4) is 0 Å². The van der Waals surface area contributed by atoms with Crippen molar-refractivity contribution in [2.75, 3.05) is 7.11 Å². The van der Waals surface area contributed by atoms with E-state index in [1.54, 1.807) is 12.1 Å². The van der Waals surface area contributed by atoms with Crippen LogP contribution in [0.5, 0.6) is 0 Å². The van der Waals surface area contributed by atoms with E-state index in [0.717, 1.165) is 0 Å². The van der Waals surface area contributed by atoms with Crippen LogP contribution in [0.2, 0.25) is 5.02 Å². The summed E-state index contributed by atoms with van der Waals surface area (Å²) in [6.07, 6.45) is 1.41. The summed E-state index contributed by atoms with van der Waals surface area (Å²) in [5.41, 5.74) is 0.772. The van der Waals surface area contributed by atoms with Crippen molar-refractivity contribution in [1.82, 2.24) is 4.98 Å². The fourth-order valence-electron chi connectivity index (χ4n) is 1.58. The van der Waals surface area contributed by atoms with Crippen LogP contribution in [0.4, 0.5) is 4.39 Å². The summed E-state index contributed by atoms with van der Waals surface area (Å²) in [5.74, 6) is -0.892. The van der Waals surface area contributed by atoms with Crippen molar-refractivity contribution in [3.05, 3.63) is 40.8 Å². The Balaban J connectivity index is 2.50. The summed E-state index contributed by atoms with van der Waals surface area (Å²) in [6.45, 7) is 0. The Morgan fingerprint density at radius 1 is 1.47 bits per heavy atom. The van der Waals surface area contributed by atoms with E-state index in [9.17, 15) is 9.18 Å². The number of carbonyl (C=O) groups is 1. The molecule has 1 aromatic carbocycles. The SMILES string of the molecule is COC(=O)Cc1cc(F)c2ncc(Cl)cc2c1. The second-order valence-corrected chi connectivity index (χ2v) is 3.99. The molecule has 17 heavy (non-hydrogen) atoms. The van der Waals surface area contributed by atoms with E-state index < -0.39 is 11.8 Å². The smallest absolute Gasteiger partial charge is 0.309 e. The molecule has 0 amide bonds. The first-order chi connectivity index (χ1) is 8.10. The van der Waals surface area contributed by atoms with Crippen LogP contribution in [-0.2, 0) is 16.0 Å². The van der Waals surface area contributed by atoms with Gasteiger partial charge in [-0.1, -0.05) is 11.6 Å². The van der Waals surface area contributed by atoms with Crippen molar-refractivity contribution in [3.8, 4) is 0 Å². The molecule has 5 heteroatoms. The minimum Gasteiger partial charge on any atom is -0.469 e. The van der Waals surface area contributed by atoms with Gasteiger partial charge in [-0.15, -0.1) is 0 Å². The molecule has 0 unspecified atom stereocenters. The number of aromatic nitrogens is 1. The van der Waals surface area contributed by atoms with Crippen LogP contribution in [-0.4, -0.2) is 18.1 Å². The van der Waals surface area contributed by atoms with Gasteiger partial charge in [-0.25, -0.2) is 4.39 Å². The molecule has 3 nitrogen and oxygen atoms in total. The predicted octanol–water partition coefficient (Wildman–Crippen LogP) is 2.74. The van der Waals surface area contributed by atoms with E-state index in [2.05, 4.69) is 9.72 Å². The molecule has 2 aromatic rings. The molecule has 88 valence electrons. The third-order valence-electron chi connectivity index (χ3n) is 2.34. The average molecular weight is 254 g/mol. The summed E-state index contributed by atoms with van der Waals surface area (Å²) in [5, 5.41) is 0.989. The van der Waals surface area contributed by atoms with Crippen molar-refractivity contribution in [2.45, 2.75) is 6.42 Å². The van der Waals surface area contributed by atoms with Gasteiger partial charge >= 0.3 is 5.97 Å². The molecule has 0 saturated carbocycles. The van der Waals surface area contributed by atoms with E-state index in [4.69, 9.17) is 11.6 Å². The van der Waals surface area contributed by atoms with Crippen molar-refractivity contribution in [2.24, 2.45) is 0 Å². The number of carbonyl (C=O) groups excluding carboxylic acids is 1. The zero-order valence-corrected chi connectivity index (χ0v) is 9.79. The zero-order valence-electron chi connectivity index (χ0n) is 9.04. The molecule has 1 aromatic heterocycles. The predicted molar refractivity (Wildman–Crippen MR) is 62.4 cm³/mol. The number of rotatable bonds is 2. The summed E-state index contributed by atoms with van der Waals surface area (Å²) < 4.78 is 18.2. The van der Waals surface area contributed by atoms with Gasteiger partial charge in [0, 0.05) is 11.6 Å². The van der Waals surface area contributed by atoms with E-state index >= 15 is 0 Å². The molecule has 0 N–H and O–H groups in total. The third-order valence-corrected chi connectivity index (χ3v) is 2.55. The van der Waals surface area contributed by atoms with Gasteiger partial charge in [-0.05, 0) is 23.8 Å². The lowest BCUT2D eigenvalue weighted by Gasteiger charge is -2.04. The number of nitrogens with zero attached hydrogens (tertiary/aromatic N) is 1. The molecular formula is C12H9ClFNO2. The summed E-state index contributed by atoms with van der Waals surface area (Å²) in [6, 6.07) is 4.56. The number of hydrogen-bond acceptors (Lipinski definition) is 3. The first-order valence-corrected chi connectivity index (χ1v) is 5.28. The summed E-state index contributed by atoms with van der Waals surface area (Å²) in [4.78, 5) is 15.0. The van der Waals surface area contributed by atoms with Crippen LogP contribution in [0.1, 0.15) is 5.56 Å². The normalized spacial score (nSPS) is 10.5. The second-order valence-electron chi connectivity index (χ2n) is 3.56. The first-order valence-electron chi connectivity index (χ1n) is 4.90. The second kappa shape index (κ2) is 4.67. The van der Waals surface area contributed by atoms with Gasteiger partial charge in [0.1, 0.15) is 11.3 Å². The highest BCUT2D eigenvalue weighted by molar-refractivity contribution is 6.31. The Labute approximate surface area is 102 Å². The molecule has 0 aliphatic heterocycles. The number of ether oxygens (including phenoxy) is 1. The Morgan fingerprint density at radius 3 is 2.94 bits per heavy atom. The number of fused-ring (bicyclic) bond motifs is 1. The topological polar surface area (TPSA) is 39.2 Å². The van der Waals surface area contributed by atoms with E-state index in [1.165, 1.54) is 19.4 Å². The Morgan fingerprint density at radius 2 is 2.24 bits per heavy atom.